The van der Waals surface area contributed by atoms with Crippen LogP contribution in [-0.4, -0.2) is 24.9 Å². The molecule has 1 aliphatic heterocycles. The summed E-state index contributed by atoms with van der Waals surface area (Å²) in [6, 6.07) is 14.4. The highest BCUT2D eigenvalue weighted by Gasteiger charge is 2.14. The Labute approximate surface area is 130 Å². The van der Waals surface area contributed by atoms with Gasteiger partial charge in [-0.2, -0.15) is 0 Å². The Morgan fingerprint density at radius 2 is 1.77 bits per heavy atom. The van der Waals surface area contributed by atoms with Crippen molar-refractivity contribution in [1.82, 2.24) is 0 Å². The van der Waals surface area contributed by atoms with Crippen LogP contribution in [0, 0.1) is 0 Å². The molecule has 0 saturated carbocycles. The molecule has 0 aromatic heterocycles. The van der Waals surface area contributed by atoms with E-state index in [1.165, 1.54) is 0 Å². The van der Waals surface area contributed by atoms with Gasteiger partial charge in [-0.3, -0.25) is 0 Å². The van der Waals surface area contributed by atoms with Crippen LogP contribution in [0.2, 0.25) is 0 Å². The Morgan fingerprint density at radius 3 is 2.50 bits per heavy atom. The fourth-order valence-corrected chi connectivity index (χ4v) is 2.56. The summed E-state index contributed by atoms with van der Waals surface area (Å²) in [5, 5.41) is 12.4. The number of nitrogens with one attached hydrogen (secondary N) is 1. The fraction of sp³-hybridized carbons (Fsp3) is 0.333. The van der Waals surface area contributed by atoms with Crippen LogP contribution in [0.1, 0.15) is 24.1 Å². The van der Waals surface area contributed by atoms with E-state index >= 15 is 0 Å². The standard InChI is InChI=1S/C18H21NO3/c1-13(19-16-5-2-14(3-6-16)8-9-20)15-4-7-17-18(12-15)22-11-10-21-17/h2-7,12-13,19-20H,8-11H2,1H3. The van der Waals surface area contributed by atoms with Gasteiger partial charge in [0.15, 0.2) is 11.5 Å². The molecule has 22 heavy (non-hydrogen) atoms. The average Bonchev–Trinajstić information content (AvgIpc) is 2.56. The van der Waals surface area contributed by atoms with E-state index in [-0.39, 0.29) is 12.6 Å². The number of benzene rings is 2. The first-order valence-corrected chi connectivity index (χ1v) is 7.62. The number of hydrogen-bond acceptors (Lipinski definition) is 4. The third kappa shape index (κ3) is 3.34. The van der Waals surface area contributed by atoms with Gasteiger partial charge in [0.2, 0.25) is 0 Å². The Balaban J connectivity index is 1.69. The zero-order valence-corrected chi connectivity index (χ0v) is 12.7. The van der Waals surface area contributed by atoms with Gasteiger partial charge in [0, 0.05) is 18.3 Å². The van der Waals surface area contributed by atoms with Crippen molar-refractivity contribution in [3.63, 3.8) is 0 Å². The summed E-state index contributed by atoms with van der Waals surface area (Å²) < 4.78 is 11.2. The maximum absolute atomic E-state index is 8.94. The van der Waals surface area contributed by atoms with E-state index in [0.717, 1.165) is 28.3 Å². The van der Waals surface area contributed by atoms with Gasteiger partial charge in [-0.05, 0) is 48.7 Å². The molecule has 1 unspecified atom stereocenters. The predicted octanol–water partition coefficient (Wildman–Crippen LogP) is 3.17. The molecular formula is C18H21NO3. The lowest BCUT2D eigenvalue weighted by atomic mass is 10.1. The van der Waals surface area contributed by atoms with Crippen molar-refractivity contribution in [2.45, 2.75) is 19.4 Å². The Morgan fingerprint density at radius 1 is 1.05 bits per heavy atom. The first kappa shape index (κ1) is 14.7. The van der Waals surface area contributed by atoms with Gasteiger partial charge in [0.05, 0.1) is 0 Å². The highest BCUT2D eigenvalue weighted by Crippen LogP contribution is 2.33. The molecule has 2 aromatic carbocycles. The molecule has 0 bridgehead atoms. The fourth-order valence-electron chi connectivity index (χ4n) is 2.56. The molecule has 0 amide bonds. The molecule has 1 heterocycles. The van der Waals surface area contributed by atoms with Crippen LogP contribution in [0.4, 0.5) is 5.69 Å². The number of aliphatic hydroxyl groups excluding tert-OH is 1. The van der Waals surface area contributed by atoms with E-state index in [1.807, 2.05) is 36.4 Å². The minimum atomic E-state index is 0.166. The first-order valence-electron chi connectivity index (χ1n) is 7.62. The summed E-state index contributed by atoms with van der Waals surface area (Å²) in [7, 11) is 0. The summed E-state index contributed by atoms with van der Waals surface area (Å²) in [5.41, 5.74) is 3.35. The van der Waals surface area contributed by atoms with Crippen molar-refractivity contribution in [2.24, 2.45) is 0 Å². The monoisotopic (exact) mass is 299 g/mol. The molecule has 4 heteroatoms. The number of aliphatic hydroxyl groups is 1. The third-order valence-electron chi connectivity index (χ3n) is 3.80. The SMILES string of the molecule is CC(Nc1ccc(CCO)cc1)c1ccc2c(c1)OCCO2. The van der Waals surface area contributed by atoms with Gasteiger partial charge in [-0.25, -0.2) is 0 Å². The molecule has 0 aliphatic carbocycles. The Hall–Kier alpha value is -2.20. The van der Waals surface area contributed by atoms with Gasteiger partial charge < -0.3 is 19.9 Å². The van der Waals surface area contributed by atoms with Crippen molar-refractivity contribution in [3.8, 4) is 11.5 Å². The molecule has 0 radical (unpaired) electrons. The Kier molecular flexibility index (Phi) is 4.49. The summed E-state index contributed by atoms with van der Waals surface area (Å²) in [6.07, 6.45) is 0.692. The molecule has 4 nitrogen and oxygen atoms in total. The van der Waals surface area contributed by atoms with Gasteiger partial charge in [0.25, 0.3) is 0 Å². The van der Waals surface area contributed by atoms with Crippen LogP contribution in [0.3, 0.4) is 0 Å². The van der Waals surface area contributed by atoms with Gasteiger partial charge in [-0.1, -0.05) is 18.2 Å². The molecule has 0 spiro atoms. The van der Waals surface area contributed by atoms with Crippen molar-refractivity contribution in [1.29, 1.82) is 0 Å². The van der Waals surface area contributed by atoms with E-state index in [0.29, 0.717) is 19.6 Å². The lowest BCUT2D eigenvalue weighted by Crippen LogP contribution is -2.16. The number of ether oxygens (including phenoxy) is 2. The molecule has 3 rings (SSSR count). The van der Waals surface area contributed by atoms with Gasteiger partial charge in [0.1, 0.15) is 13.2 Å². The number of anilines is 1. The molecule has 2 N–H and O–H groups in total. The molecule has 2 aromatic rings. The van der Waals surface area contributed by atoms with Crippen molar-refractivity contribution < 1.29 is 14.6 Å². The first-order chi connectivity index (χ1) is 10.8. The maximum atomic E-state index is 8.94. The lowest BCUT2D eigenvalue weighted by molar-refractivity contribution is 0.171. The summed E-state index contributed by atoms with van der Waals surface area (Å²) in [4.78, 5) is 0. The number of rotatable bonds is 5. The topological polar surface area (TPSA) is 50.7 Å². The number of fused-ring (bicyclic) bond motifs is 1. The van der Waals surface area contributed by atoms with Crippen LogP contribution in [0.5, 0.6) is 11.5 Å². The van der Waals surface area contributed by atoms with Crippen LogP contribution in [0.15, 0.2) is 42.5 Å². The lowest BCUT2D eigenvalue weighted by Gasteiger charge is -2.21. The zero-order chi connectivity index (χ0) is 15.4. The normalized spacial score (nSPS) is 14.5. The summed E-state index contributed by atoms with van der Waals surface area (Å²) in [5.74, 6) is 1.63. The molecule has 0 saturated heterocycles. The predicted molar refractivity (Wildman–Crippen MR) is 86.7 cm³/mol. The molecule has 116 valence electrons. The van der Waals surface area contributed by atoms with E-state index in [1.54, 1.807) is 0 Å². The molecule has 1 aliphatic rings. The minimum Gasteiger partial charge on any atom is -0.486 e. The van der Waals surface area contributed by atoms with E-state index < -0.39 is 0 Å². The average molecular weight is 299 g/mol. The van der Waals surface area contributed by atoms with E-state index in [9.17, 15) is 0 Å². The van der Waals surface area contributed by atoms with Crippen molar-refractivity contribution >= 4 is 5.69 Å². The maximum Gasteiger partial charge on any atom is 0.161 e. The second-order valence-electron chi connectivity index (χ2n) is 5.44. The zero-order valence-electron chi connectivity index (χ0n) is 12.7. The molecule has 1 atom stereocenters. The highest BCUT2D eigenvalue weighted by atomic mass is 16.6. The van der Waals surface area contributed by atoms with Crippen molar-refractivity contribution in [3.05, 3.63) is 53.6 Å². The second-order valence-corrected chi connectivity index (χ2v) is 5.44. The quantitative estimate of drug-likeness (QED) is 0.890. The second kappa shape index (κ2) is 6.71. The largest absolute Gasteiger partial charge is 0.486 e. The van der Waals surface area contributed by atoms with Crippen LogP contribution < -0.4 is 14.8 Å². The third-order valence-corrected chi connectivity index (χ3v) is 3.80. The van der Waals surface area contributed by atoms with Crippen molar-refractivity contribution in [2.75, 3.05) is 25.1 Å². The van der Waals surface area contributed by atoms with Gasteiger partial charge in [-0.15, -0.1) is 0 Å². The molecule has 0 fully saturated rings. The smallest absolute Gasteiger partial charge is 0.161 e. The van der Waals surface area contributed by atoms with Gasteiger partial charge >= 0.3 is 0 Å². The van der Waals surface area contributed by atoms with E-state index in [2.05, 4.69) is 18.3 Å². The summed E-state index contributed by atoms with van der Waals surface area (Å²) >= 11 is 0. The van der Waals surface area contributed by atoms with Crippen LogP contribution in [-0.2, 0) is 6.42 Å². The summed E-state index contributed by atoms with van der Waals surface area (Å²) in [6.45, 7) is 3.51. The van der Waals surface area contributed by atoms with E-state index in [4.69, 9.17) is 14.6 Å². The minimum absolute atomic E-state index is 0.166. The molecular weight excluding hydrogens is 278 g/mol. The van der Waals surface area contributed by atoms with Crippen LogP contribution >= 0.6 is 0 Å². The van der Waals surface area contributed by atoms with Crippen LogP contribution in [0.25, 0.3) is 0 Å². The number of hydrogen-bond donors (Lipinski definition) is 2. The highest BCUT2D eigenvalue weighted by molar-refractivity contribution is 5.49. The Bertz CT molecular complexity index is 625.